The van der Waals surface area contributed by atoms with Crippen LogP contribution in [0.25, 0.3) is 0 Å². The molecule has 0 amide bonds. The molecule has 3 nitrogen and oxygen atoms in total. The van der Waals surface area contributed by atoms with Crippen LogP contribution in [0.2, 0.25) is 0 Å². The SMILES string of the molecule is CCCC1CC(O)(Cc2ccc(OC)c(F)c2)CCO1. The minimum absolute atomic E-state index is 0.113. The van der Waals surface area contributed by atoms with Crippen molar-refractivity contribution in [3.8, 4) is 5.75 Å². The lowest BCUT2D eigenvalue weighted by Crippen LogP contribution is -2.42. The van der Waals surface area contributed by atoms with Gasteiger partial charge >= 0.3 is 0 Å². The molecule has 1 N–H and O–H groups in total. The predicted molar refractivity (Wildman–Crippen MR) is 75.5 cm³/mol. The van der Waals surface area contributed by atoms with Crippen LogP contribution in [0.4, 0.5) is 4.39 Å². The minimum Gasteiger partial charge on any atom is -0.494 e. The van der Waals surface area contributed by atoms with E-state index in [-0.39, 0.29) is 17.7 Å². The molecule has 4 heteroatoms. The van der Waals surface area contributed by atoms with Crippen molar-refractivity contribution < 1.29 is 19.0 Å². The van der Waals surface area contributed by atoms with Gasteiger partial charge in [-0.3, -0.25) is 0 Å². The number of benzene rings is 1. The Balaban J connectivity index is 2.05. The number of halogens is 1. The molecule has 1 saturated heterocycles. The maximum absolute atomic E-state index is 13.7. The summed E-state index contributed by atoms with van der Waals surface area (Å²) in [4.78, 5) is 0. The molecule has 1 heterocycles. The summed E-state index contributed by atoms with van der Waals surface area (Å²) in [6.07, 6.45) is 3.78. The van der Waals surface area contributed by atoms with Gasteiger partial charge in [-0.15, -0.1) is 0 Å². The third-order valence-electron chi connectivity index (χ3n) is 3.89. The molecule has 0 radical (unpaired) electrons. The Hall–Kier alpha value is -1.13. The lowest BCUT2D eigenvalue weighted by molar-refractivity contribution is -0.105. The summed E-state index contributed by atoms with van der Waals surface area (Å²) < 4.78 is 24.3. The van der Waals surface area contributed by atoms with E-state index in [4.69, 9.17) is 9.47 Å². The molecule has 0 spiro atoms. The van der Waals surface area contributed by atoms with Gasteiger partial charge in [-0.05, 0) is 30.5 Å². The van der Waals surface area contributed by atoms with Gasteiger partial charge in [0.15, 0.2) is 11.6 Å². The molecule has 20 heavy (non-hydrogen) atoms. The Morgan fingerprint density at radius 3 is 2.95 bits per heavy atom. The molecule has 112 valence electrons. The van der Waals surface area contributed by atoms with Gasteiger partial charge < -0.3 is 14.6 Å². The van der Waals surface area contributed by atoms with Crippen molar-refractivity contribution in [1.29, 1.82) is 0 Å². The van der Waals surface area contributed by atoms with E-state index in [1.807, 2.05) is 6.07 Å². The van der Waals surface area contributed by atoms with E-state index >= 15 is 0 Å². The van der Waals surface area contributed by atoms with E-state index in [2.05, 4.69) is 6.92 Å². The number of aliphatic hydroxyl groups is 1. The zero-order valence-corrected chi connectivity index (χ0v) is 12.2. The van der Waals surface area contributed by atoms with Gasteiger partial charge in [-0.1, -0.05) is 19.4 Å². The Morgan fingerprint density at radius 2 is 2.30 bits per heavy atom. The van der Waals surface area contributed by atoms with Crippen molar-refractivity contribution >= 4 is 0 Å². The van der Waals surface area contributed by atoms with Crippen molar-refractivity contribution in [2.24, 2.45) is 0 Å². The average Bonchev–Trinajstić information content (AvgIpc) is 2.39. The van der Waals surface area contributed by atoms with Crippen molar-refractivity contribution in [2.45, 2.75) is 50.7 Å². The molecule has 0 bridgehead atoms. The van der Waals surface area contributed by atoms with Gasteiger partial charge in [0.05, 0.1) is 18.8 Å². The Morgan fingerprint density at radius 1 is 1.50 bits per heavy atom. The fourth-order valence-electron chi connectivity index (χ4n) is 2.87. The molecule has 0 aliphatic carbocycles. The van der Waals surface area contributed by atoms with E-state index in [9.17, 15) is 9.50 Å². The first-order chi connectivity index (χ1) is 9.56. The highest BCUT2D eigenvalue weighted by Crippen LogP contribution is 2.31. The minimum atomic E-state index is -0.793. The van der Waals surface area contributed by atoms with Crippen molar-refractivity contribution in [2.75, 3.05) is 13.7 Å². The summed E-state index contributed by atoms with van der Waals surface area (Å²) in [7, 11) is 1.44. The van der Waals surface area contributed by atoms with E-state index in [1.165, 1.54) is 13.2 Å². The Labute approximate surface area is 119 Å². The molecule has 1 aliphatic rings. The summed E-state index contributed by atoms with van der Waals surface area (Å²) in [5.41, 5.74) is 0.00185. The lowest BCUT2D eigenvalue weighted by atomic mass is 9.83. The molecule has 2 atom stereocenters. The Bertz CT molecular complexity index is 447. The van der Waals surface area contributed by atoms with Crippen LogP contribution in [-0.4, -0.2) is 30.5 Å². The van der Waals surface area contributed by atoms with Gasteiger partial charge in [-0.2, -0.15) is 0 Å². The number of ether oxygens (including phenoxy) is 2. The molecule has 1 fully saturated rings. The topological polar surface area (TPSA) is 38.7 Å². The smallest absolute Gasteiger partial charge is 0.165 e. The molecule has 1 aliphatic heterocycles. The zero-order chi connectivity index (χ0) is 14.6. The highest BCUT2D eigenvalue weighted by Gasteiger charge is 2.34. The molecular weight excluding hydrogens is 259 g/mol. The van der Waals surface area contributed by atoms with Crippen LogP contribution < -0.4 is 4.74 Å². The molecule has 2 unspecified atom stereocenters. The third-order valence-corrected chi connectivity index (χ3v) is 3.89. The Kier molecular flexibility index (Phi) is 5.00. The van der Waals surface area contributed by atoms with E-state index in [1.54, 1.807) is 6.07 Å². The van der Waals surface area contributed by atoms with Crippen LogP contribution in [0.3, 0.4) is 0 Å². The fraction of sp³-hybridized carbons (Fsp3) is 0.625. The summed E-state index contributed by atoms with van der Waals surface area (Å²) >= 11 is 0. The van der Waals surface area contributed by atoms with Crippen LogP contribution in [0.1, 0.15) is 38.2 Å². The van der Waals surface area contributed by atoms with E-state index < -0.39 is 5.60 Å². The molecule has 0 aromatic heterocycles. The number of rotatable bonds is 5. The molecule has 2 rings (SSSR count). The van der Waals surface area contributed by atoms with Gasteiger partial charge in [0.1, 0.15) is 0 Å². The van der Waals surface area contributed by atoms with Crippen LogP contribution >= 0.6 is 0 Å². The summed E-state index contributed by atoms with van der Waals surface area (Å²) in [5, 5.41) is 10.7. The van der Waals surface area contributed by atoms with Gasteiger partial charge in [0.25, 0.3) is 0 Å². The van der Waals surface area contributed by atoms with Crippen LogP contribution in [0.15, 0.2) is 18.2 Å². The first kappa shape index (κ1) is 15.3. The second kappa shape index (κ2) is 6.55. The van der Waals surface area contributed by atoms with Crippen LogP contribution in [0.5, 0.6) is 5.75 Å². The monoisotopic (exact) mass is 282 g/mol. The van der Waals surface area contributed by atoms with Gasteiger partial charge in [0, 0.05) is 19.4 Å². The normalized spacial score (nSPS) is 26.5. The quantitative estimate of drug-likeness (QED) is 0.902. The largest absolute Gasteiger partial charge is 0.494 e. The second-order valence-corrected chi connectivity index (χ2v) is 5.61. The first-order valence-electron chi connectivity index (χ1n) is 7.23. The van der Waals surface area contributed by atoms with Crippen molar-refractivity contribution in [3.05, 3.63) is 29.6 Å². The molecular formula is C16H23FO3. The average molecular weight is 282 g/mol. The van der Waals surface area contributed by atoms with Crippen LogP contribution in [0, 0.1) is 5.82 Å². The zero-order valence-electron chi connectivity index (χ0n) is 12.2. The summed E-state index contributed by atoms with van der Waals surface area (Å²) in [6, 6.07) is 4.86. The predicted octanol–water partition coefficient (Wildman–Crippen LogP) is 3.09. The number of methoxy groups -OCH3 is 1. The third kappa shape index (κ3) is 3.70. The standard InChI is InChI=1S/C16H23FO3/c1-3-4-13-11-16(18,7-8-20-13)10-12-5-6-15(19-2)14(17)9-12/h5-6,9,13,18H,3-4,7-8,10-11H2,1-2H3. The highest BCUT2D eigenvalue weighted by atomic mass is 19.1. The van der Waals surface area contributed by atoms with Gasteiger partial charge in [-0.25, -0.2) is 4.39 Å². The molecule has 1 aromatic carbocycles. The van der Waals surface area contributed by atoms with E-state index in [0.29, 0.717) is 25.9 Å². The van der Waals surface area contributed by atoms with E-state index in [0.717, 1.165) is 18.4 Å². The lowest BCUT2D eigenvalue weighted by Gasteiger charge is -2.37. The second-order valence-electron chi connectivity index (χ2n) is 5.61. The van der Waals surface area contributed by atoms with Crippen molar-refractivity contribution in [1.82, 2.24) is 0 Å². The van der Waals surface area contributed by atoms with Crippen LogP contribution in [-0.2, 0) is 11.2 Å². The maximum atomic E-state index is 13.7. The highest BCUT2D eigenvalue weighted by molar-refractivity contribution is 5.30. The molecule has 0 saturated carbocycles. The maximum Gasteiger partial charge on any atom is 0.165 e. The van der Waals surface area contributed by atoms with Crippen molar-refractivity contribution in [3.63, 3.8) is 0 Å². The summed E-state index contributed by atoms with van der Waals surface area (Å²) in [6.45, 7) is 2.68. The first-order valence-corrected chi connectivity index (χ1v) is 7.23. The van der Waals surface area contributed by atoms with Gasteiger partial charge in [0.2, 0.25) is 0 Å². The number of hydrogen-bond acceptors (Lipinski definition) is 3. The molecule has 1 aromatic rings. The summed E-state index contributed by atoms with van der Waals surface area (Å²) in [5.74, 6) is -0.151. The number of hydrogen-bond donors (Lipinski definition) is 1. The fourth-order valence-corrected chi connectivity index (χ4v) is 2.87.